The number of benzene rings is 1. The molecule has 1 aliphatic carbocycles. The van der Waals surface area contributed by atoms with E-state index in [9.17, 15) is 8.42 Å². The summed E-state index contributed by atoms with van der Waals surface area (Å²) in [5.74, 6) is 1.26. The fourth-order valence-electron chi connectivity index (χ4n) is 2.69. The third-order valence-corrected chi connectivity index (χ3v) is 4.73. The van der Waals surface area contributed by atoms with Gasteiger partial charge in [0, 0.05) is 5.56 Å². The van der Waals surface area contributed by atoms with Crippen molar-refractivity contribution in [2.24, 2.45) is 5.73 Å². The van der Waals surface area contributed by atoms with E-state index < -0.39 is 15.6 Å². The molecule has 1 aromatic carbocycles. The highest BCUT2D eigenvalue weighted by Gasteiger charge is 2.39. The zero-order valence-corrected chi connectivity index (χ0v) is 16.2. The SMILES string of the molecule is COc1cc(-c2nc(C3(N)CCC3)no2)cc(NS(C)(=O)=O)c1OC.Cl. The molecule has 26 heavy (non-hydrogen) atoms. The monoisotopic (exact) mass is 404 g/mol. The van der Waals surface area contributed by atoms with Gasteiger partial charge in [0.15, 0.2) is 17.3 Å². The Morgan fingerprint density at radius 3 is 2.46 bits per heavy atom. The van der Waals surface area contributed by atoms with Crippen LogP contribution in [-0.2, 0) is 15.6 Å². The summed E-state index contributed by atoms with van der Waals surface area (Å²) in [7, 11) is -0.645. The molecule has 11 heteroatoms. The van der Waals surface area contributed by atoms with E-state index in [1.54, 1.807) is 12.1 Å². The Bertz CT molecular complexity index is 895. The van der Waals surface area contributed by atoms with Crippen molar-refractivity contribution in [2.75, 3.05) is 25.2 Å². The molecule has 2 aromatic rings. The maximum Gasteiger partial charge on any atom is 0.258 e. The van der Waals surface area contributed by atoms with Crippen LogP contribution >= 0.6 is 12.4 Å². The Kier molecular flexibility index (Phi) is 5.69. The molecule has 1 saturated carbocycles. The Balaban J connectivity index is 0.00000243. The Morgan fingerprint density at radius 1 is 1.27 bits per heavy atom. The zero-order chi connectivity index (χ0) is 18.2. The molecular weight excluding hydrogens is 384 g/mol. The molecule has 1 aliphatic rings. The van der Waals surface area contributed by atoms with E-state index in [1.807, 2.05) is 0 Å². The Hall–Kier alpha value is -2.04. The van der Waals surface area contributed by atoms with Gasteiger partial charge in [-0.25, -0.2) is 8.42 Å². The van der Waals surface area contributed by atoms with Gasteiger partial charge >= 0.3 is 0 Å². The van der Waals surface area contributed by atoms with Gasteiger partial charge in [-0.15, -0.1) is 12.4 Å². The van der Waals surface area contributed by atoms with Crippen molar-refractivity contribution in [3.8, 4) is 23.0 Å². The maximum absolute atomic E-state index is 11.6. The summed E-state index contributed by atoms with van der Waals surface area (Å²) in [6.07, 6.45) is 3.68. The fourth-order valence-corrected chi connectivity index (χ4v) is 3.24. The third-order valence-electron chi connectivity index (χ3n) is 4.14. The largest absolute Gasteiger partial charge is 0.493 e. The van der Waals surface area contributed by atoms with Crippen molar-refractivity contribution in [1.29, 1.82) is 0 Å². The molecule has 1 fully saturated rings. The lowest BCUT2D eigenvalue weighted by Crippen LogP contribution is -2.44. The number of hydrogen-bond donors (Lipinski definition) is 2. The summed E-state index contributed by atoms with van der Waals surface area (Å²) < 4.78 is 41.5. The molecule has 3 N–H and O–H groups in total. The van der Waals surface area contributed by atoms with E-state index in [0.717, 1.165) is 25.5 Å². The molecule has 0 saturated heterocycles. The predicted octanol–water partition coefficient (Wildman–Crippen LogP) is 1.89. The van der Waals surface area contributed by atoms with E-state index in [1.165, 1.54) is 14.2 Å². The second-order valence-corrected chi connectivity index (χ2v) is 7.81. The van der Waals surface area contributed by atoms with Crippen LogP contribution in [0.4, 0.5) is 5.69 Å². The Labute approximate surface area is 157 Å². The van der Waals surface area contributed by atoms with E-state index in [2.05, 4.69) is 14.9 Å². The van der Waals surface area contributed by atoms with Crippen molar-refractivity contribution in [3.05, 3.63) is 18.0 Å². The normalized spacial score (nSPS) is 15.5. The number of anilines is 1. The first-order valence-electron chi connectivity index (χ1n) is 7.63. The van der Waals surface area contributed by atoms with Crippen LogP contribution in [-0.4, -0.2) is 39.0 Å². The first-order chi connectivity index (χ1) is 11.8. The first kappa shape index (κ1) is 20.3. The van der Waals surface area contributed by atoms with Gasteiger partial charge in [-0.1, -0.05) is 5.16 Å². The number of rotatable bonds is 6. The molecule has 0 amide bonds. The molecule has 0 aliphatic heterocycles. The van der Waals surface area contributed by atoms with Gasteiger partial charge in [0.25, 0.3) is 5.89 Å². The number of aromatic nitrogens is 2. The smallest absolute Gasteiger partial charge is 0.258 e. The quantitative estimate of drug-likeness (QED) is 0.746. The van der Waals surface area contributed by atoms with E-state index in [-0.39, 0.29) is 29.7 Å². The van der Waals surface area contributed by atoms with Crippen LogP contribution in [0.1, 0.15) is 25.1 Å². The van der Waals surface area contributed by atoms with Crippen molar-refractivity contribution in [1.82, 2.24) is 10.1 Å². The van der Waals surface area contributed by atoms with Gasteiger partial charge in [-0.3, -0.25) is 4.72 Å². The number of halogens is 1. The van der Waals surface area contributed by atoms with Crippen LogP contribution in [0.2, 0.25) is 0 Å². The molecule has 0 radical (unpaired) electrons. The van der Waals surface area contributed by atoms with Crippen molar-refractivity contribution in [2.45, 2.75) is 24.8 Å². The lowest BCUT2D eigenvalue weighted by molar-refractivity contribution is 0.229. The number of hydrogen-bond acceptors (Lipinski definition) is 8. The second kappa shape index (κ2) is 7.29. The average Bonchev–Trinajstić information content (AvgIpc) is 3.00. The summed E-state index contributed by atoms with van der Waals surface area (Å²) in [5, 5.41) is 3.97. The number of nitrogens with two attached hydrogens (primary N) is 1. The molecule has 0 unspecified atom stereocenters. The standard InChI is InChI=1S/C15H20N4O5S.ClH/c1-22-11-8-9(7-10(12(11)23-2)19-25(3,20)21)13-17-14(18-24-13)15(16)5-4-6-15;/h7-8,19H,4-6,16H2,1-3H3;1H. The van der Waals surface area contributed by atoms with Crippen LogP contribution in [0.15, 0.2) is 16.7 Å². The Morgan fingerprint density at radius 2 is 1.96 bits per heavy atom. The van der Waals surface area contributed by atoms with Gasteiger partial charge in [-0.05, 0) is 31.4 Å². The third kappa shape index (κ3) is 3.87. The summed E-state index contributed by atoms with van der Waals surface area (Å²) >= 11 is 0. The molecule has 0 atom stereocenters. The molecular formula is C15H21ClN4O5S. The molecule has 0 spiro atoms. The molecule has 0 bridgehead atoms. The number of nitrogens with one attached hydrogen (secondary N) is 1. The predicted molar refractivity (Wildman–Crippen MR) is 98.3 cm³/mol. The highest BCUT2D eigenvalue weighted by Crippen LogP contribution is 2.41. The molecule has 144 valence electrons. The summed E-state index contributed by atoms with van der Waals surface area (Å²) in [5.41, 5.74) is 6.36. The number of ether oxygens (including phenoxy) is 2. The topological polar surface area (TPSA) is 130 Å². The minimum absolute atomic E-state index is 0. The van der Waals surface area contributed by atoms with E-state index >= 15 is 0 Å². The van der Waals surface area contributed by atoms with Crippen molar-refractivity contribution >= 4 is 28.1 Å². The van der Waals surface area contributed by atoms with Crippen LogP contribution in [0.25, 0.3) is 11.5 Å². The van der Waals surface area contributed by atoms with E-state index in [0.29, 0.717) is 17.1 Å². The molecule has 3 rings (SSSR count). The highest BCUT2D eigenvalue weighted by molar-refractivity contribution is 7.92. The lowest BCUT2D eigenvalue weighted by Gasteiger charge is -2.34. The number of nitrogens with zero attached hydrogens (tertiary/aromatic N) is 2. The lowest BCUT2D eigenvalue weighted by atomic mass is 9.77. The van der Waals surface area contributed by atoms with Crippen LogP contribution in [0, 0.1) is 0 Å². The van der Waals surface area contributed by atoms with Crippen LogP contribution in [0.5, 0.6) is 11.5 Å². The van der Waals surface area contributed by atoms with Crippen LogP contribution in [0.3, 0.4) is 0 Å². The van der Waals surface area contributed by atoms with Gasteiger partial charge in [-0.2, -0.15) is 4.98 Å². The van der Waals surface area contributed by atoms with Gasteiger partial charge in [0.05, 0.1) is 31.7 Å². The van der Waals surface area contributed by atoms with Gasteiger partial charge in [0.1, 0.15) is 0 Å². The number of methoxy groups -OCH3 is 2. The minimum Gasteiger partial charge on any atom is -0.493 e. The molecule has 1 heterocycles. The summed E-state index contributed by atoms with van der Waals surface area (Å²) in [6, 6.07) is 3.18. The zero-order valence-electron chi connectivity index (χ0n) is 14.6. The highest BCUT2D eigenvalue weighted by atomic mass is 35.5. The second-order valence-electron chi connectivity index (χ2n) is 6.07. The molecule has 9 nitrogen and oxygen atoms in total. The van der Waals surface area contributed by atoms with Crippen molar-refractivity contribution < 1.29 is 22.4 Å². The van der Waals surface area contributed by atoms with Crippen LogP contribution < -0.4 is 19.9 Å². The van der Waals surface area contributed by atoms with Crippen molar-refractivity contribution in [3.63, 3.8) is 0 Å². The fraction of sp³-hybridized carbons (Fsp3) is 0.467. The van der Waals surface area contributed by atoms with Gasteiger partial charge in [0.2, 0.25) is 10.0 Å². The molecule has 1 aromatic heterocycles. The minimum atomic E-state index is -3.52. The summed E-state index contributed by atoms with van der Waals surface area (Å²) in [4.78, 5) is 4.37. The van der Waals surface area contributed by atoms with Gasteiger partial charge < -0.3 is 19.7 Å². The average molecular weight is 405 g/mol. The van der Waals surface area contributed by atoms with E-state index in [4.69, 9.17) is 19.7 Å². The first-order valence-corrected chi connectivity index (χ1v) is 9.52. The number of sulfonamides is 1. The summed E-state index contributed by atoms with van der Waals surface area (Å²) in [6.45, 7) is 0. The maximum atomic E-state index is 11.6.